The highest BCUT2D eigenvalue weighted by Gasteiger charge is 2.45. The van der Waals surface area contributed by atoms with Crippen LogP contribution >= 0.6 is 0 Å². The second-order valence-electron chi connectivity index (χ2n) is 6.74. The highest BCUT2D eigenvalue weighted by molar-refractivity contribution is 5.26. The maximum absolute atomic E-state index is 10.0. The maximum atomic E-state index is 10.0. The Labute approximate surface area is 141 Å². The number of hydrogen-bond donors (Lipinski definition) is 5. The molecule has 7 heteroatoms. The van der Waals surface area contributed by atoms with Gasteiger partial charge in [-0.25, -0.2) is 0 Å². The lowest BCUT2D eigenvalue weighted by Gasteiger charge is -2.42. The number of phenolic OH excluding ortho intramolecular Hbond substituents is 1. The van der Waals surface area contributed by atoms with Crippen molar-refractivity contribution in [1.29, 1.82) is 0 Å². The highest BCUT2D eigenvalue weighted by Crippen LogP contribution is 2.28. The number of ether oxygens (including phenoxy) is 2. The average Bonchev–Trinajstić information content (AvgIpc) is 2.55. The van der Waals surface area contributed by atoms with Gasteiger partial charge in [0.05, 0.1) is 12.2 Å². The van der Waals surface area contributed by atoms with Crippen LogP contribution in [-0.2, 0) is 15.9 Å². The lowest BCUT2D eigenvalue weighted by molar-refractivity contribution is -0.323. The first-order valence-electron chi connectivity index (χ1n) is 8.00. The molecule has 5 unspecified atom stereocenters. The first-order chi connectivity index (χ1) is 11.2. The van der Waals surface area contributed by atoms with E-state index in [0.29, 0.717) is 12.8 Å². The Hall–Kier alpha value is -1.22. The van der Waals surface area contributed by atoms with Gasteiger partial charge in [-0.2, -0.15) is 0 Å². The summed E-state index contributed by atoms with van der Waals surface area (Å²) in [6, 6.07) is 6.86. The van der Waals surface area contributed by atoms with E-state index in [1.165, 1.54) is 0 Å². The average molecular weight is 342 g/mol. The van der Waals surface area contributed by atoms with Gasteiger partial charge in [0.15, 0.2) is 6.29 Å². The smallest absolute Gasteiger partial charge is 0.187 e. The van der Waals surface area contributed by atoms with Crippen molar-refractivity contribution >= 4 is 0 Å². The van der Waals surface area contributed by atoms with Crippen molar-refractivity contribution in [1.82, 2.24) is 0 Å². The molecule has 0 radical (unpaired) electrons. The first-order valence-corrected chi connectivity index (χ1v) is 8.00. The van der Waals surface area contributed by atoms with Gasteiger partial charge < -0.3 is 35.0 Å². The Balaban J connectivity index is 1.95. The molecule has 1 heterocycles. The summed E-state index contributed by atoms with van der Waals surface area (Å²) < 4.78 is 11.2. The van der Waals surface area contributed by atoms with E-state index in [1.54, 1.807) is 12.1 Å². The molecule has 136 valence electrons. The number of aliphatic hydroxyl groups excluding tert-OH is 4. The van der Waals surface area contributed by atoms with Crippen LogP contribution in [-0.4, -0.2) is 68.4 Å². The third-order valence-electron chi connectivity index (χ3n) is 4.24. The summed E-state index contributed by atoms with van der Waals surface area (Å²) in [5, 5.41) is 48.1. The van der Waals surface area contributed by atoms with E-state index in [9.17, 15) is 25.5 Å². The number of aliphatic hydroxyl groups is 4. The van der Waals surface area contributed by atoms with Crippen LogP contribution in [0.15, 0.2) is 24.3 Å². The molecular formula is C17H26O7. The lowest BCUT2D eigenvalue weighted by atomic mass is 9.96. The molecule has 24 heavy (non-hydrogen) atoms. The zero-order valence-electron chi connectivity index (χ0n) is 13.9. The molecule has 7 nitrogen and oxygen atoms in total. The fourth-order valence-electron chi connectivity index (χ4n) is 2.65. The van der Waals surface area contributed by atoms with E-state index >= 15 is 0 Å². The minimum Gasteiger partial charge on any atom is -0.508 e. The highest BCUT2D eigenvalue weighted by atomic mass is 16.7. The minimum atomic E-state index is -1.45. The van der Waals surface area contributed by atoms with Crippen LogP contribution in [0.2, 0.25) is 0 Å². The molecule has 1 aliphatic rings. The number of aromatic hydroxyl groups is 1. The minimum absolute atomic E-state index is 0.204. The van der Waals surface area contributed by atoms with Crippen molar-refractivity contribution in [2.24, 2.45) is 0 Å². The summed E-state index contributed by atoms with van der Waals surface area (Å²) in [5.41, 5.74) is 0.351. The van der Waals surface area contributed by atoms with Gasteiger partial charge in [0, 0.05) is 0 Å². The van der Waals surface area contributed by atoms with Crippen molar-refractivity contribution in [3.63, 3.8) is 0 Å². The molecule has 0 saturated carbocycles. The second-order valence-corrected chi connectivity index (χ2v) is 6.74. The van der Waals surface area contributed by atoms with Crippen molar-refractivity contribution in [2.75, 3.05) is 6.61 Å². The van der Waals surface area contributed by atoms with E-state index in [1.807, 2.05) is 26.0 Å². The molecule has 0 amide bonds. The number of aryl methyl sites for hydroxylation is 1. The van der Waals surface area contributed by atoms with Gasteiger partial charge in [0.25, 0.3) is 0 Å². The molecule has 5 atom stereocenters. The molecule has 2 rings (SSSR count). The molecular weight excluding hydrogens is 316 g/mol. The normalized spacial score (nSPS) is 31.2. The Bertz CT molecular complexity index is 514. The second kappa shape index (κ2) is 7.77. The SMILES string of the molecule is CC(C)(CCc1ccc(O)cc1)OC1OC(CO)C(O)C(O)C1O. The summed E-state index contributed by atoms with van der Waals surface area (Å²) in [4.78, 5) is 0. The zero-order chi connectivity index (χ0) is 17.9. The Morgan fingerprint density at radius 2 is 1.67 bits per heavy atom. The summed E-state index contributed by atoms with van der Waals surface area (Å²) in [7, 11) is 0. The molecule has 0 spiro atoms. The summed E-state index contributed by atoms with van der Waals surface area (Å²) >= 11 is 0. The molecule has 1 fully saturated rings. The van der Waals surface area contributed by atoms with Gasteiger partial charge in [-0.1, -0.05) is 12.1 Å². The zero-order valence-corrected chi connectivity index (χ0v) is 13.9. The van der Waals surface area contributed by atoms with E-state index in [4.69, 9.17) is 9.47 Å². The monoisotopic (exact) mass is 342 g/mol. The van der Waals surface area contributed by atoms with E-state index in [0.717, 1.165) is 5.56 Å². The van der Waals surface area contributed by atoms with E-state index < -0.39 is 42.9 Å². The quantitative estimate of drug-likeness (QED) is 0.490. The third kappa shape index (κ3) is 4.66. The number of phenols is 1. The molecule has 0 bridgehead atoms. The molecule has 1 aromatic rings. The van der Waals surface area contributed by atoms with Crippen LogP contribution in [0.3, 0.4) is 0 Å². The van der Waals surface area contributed by atoms with Crippen LogP contribution in [0, 0.1) is 0 Å². The number of hydrogen-bond acceptors (Lipinski definition) is 7. The summed E-state index contributed by atoms with van der Waals surface area (Å²) in [6.45, 7) is 3.17. The van der Waals surface area contributed by atoms with Gasteiger partial charge in [-0.05, 0) is 44.4 Å². The predicted octanol–water partition coefficient (Wildman–Crippen LogP) is -0.0801. The van der Waals surface area contributed by atoms with Crippen molar-refractivity contribution in [3.05, 3.63) is 29.8 Å². The number of benzene rings is 1. The lowest BCUT2D eigenvalue weighted by Crippen LogP contribution is -2.60. The van der Waals surface area contributed by atoms with Gasteiger partial charge in [0.1, 0.15) is 30.2 Å². The first kappa shape index (κ1) is 19.1. The summed E-state index contributed by atoms with van der Waals surface area (Å²) in [5.74, 6) is 0.204. The van der Waals surface area contributed by atoms with Gasteiger partial charge in [-0.15, -0.1) is 0 Å². The van der Waals surface area contributed by atoms with Crippen molar-refractivity contribution in [3.8, 4) is 5.75 Å². The molecule has 5 N–H and O–H groups in total. The Morgan fingerprint density at radius 3 is 2.25 bits per heavy atom. The molecule has 1 aliphatic heterocycles. The standard InChI is InChI=1S/C17H26O7/c1-17(2,8-7-10-3-5-11(19)6-4-10)24-16-15(22)14(21)13(20)12(9-18)23-16/h3-6,12-16,18-22H,7-9H2,1-2H3. The maximum Gasteiger partial charge on any atom is 0.187 e. The largest absolute Gasteiger partial charge is 0.508 e. The predicted molar refractivity (Wildman–Crippen MR) is 85.4 cm³/mol. The van der Waals surface area contributed by atoms with Crippen molar-refractivity contribution in [2.45, 2.75) is 63.0 Å². The Kier molecular flexibility index (Phi) is 6.19. The van der Waals surface area contributed by atoms with Crippen molar-refractivity contribution < 1.29 is 35.0 Å². The topological polar surface area (TPSA) is 120 Å². The van der Waals surface area contributed by atoms with E-state index in [2.05, 4.69) is 0 Å². The fourth-order valence-corrected chi connectivity index (χ4v) is 2.65. The van der Waals surface area contributed by atoms with Crippen LogP contribution in [0.5, 0.6) is 5.75 Å². The van der Waals surface area contributed by atoms with Crippen LogP contribution in [0.25, 0.3) is 0 Å². The number of rotatable bonds is 6. The van der Waals surface area contributed by atoms with Crippen LogP contribution < -0.4 is 0 Å². The molecule has 1 saturated heterocycles. The fraction of sp³-hybridized carbons (Fsp3) is 0.647. The Morgan fingerprint density at radius 1 is 1.04 bits per heavy atom. The molecule has 0 aliphatic carbocycles. The van der Waals surface area contributed by atoms with Gasteiger partial charge in [-0.3, -0.25) is 0 Å². The van der Waals surface area contributed by atoms with Gasteiger partial charge >= 0.3 is 0 Å². The van der Waals surface area contributed by atoms with E-state index in [-0.39, 0.29) is 5.75 Å². The van der Waals surface area contributed by atoms with Crippen LogP contribution in [0.4, 0.5) is 0 Å². The third-order valence-corrected chi connectivity index (χ3v) is 4.24. The molecule has 0 aromatic heterocycles. The van der Waals surface area contributed by atoms with Crippen LogP contribution in [0.1, 0.15) is 25.8 Å². The van der Waals surface area contributed by atoms with Gasteiger partial charge in [0.2, 0.25) is 0 Å². The molecule has 1 aromatic carbocycles. The summed E-state index contributed by atoms with van der Waals surface area (Å²) in [6.07, 6.45) is -5.09.